The Morgan fingerprint density at radius 1 is 1.86 bits per heavy atom. The molecule has 1 atom stereocenters. The highest BCUT2D eigenvalue weighted by Crippen LogP contribution is 2.08. The Balaban J connectivity index is 2.65. The highest BCUT2D eigenvalue weighted by molar-refractivity contribution is 5.69. The fourth-order valence-electron chi connectivity index (χ4n) is 0.957. The summed E-state index contributed by atoms with van der Waals surface area (Å²) in [5.74, 6) is -0.215. The molecule has 0 radical (unpaired) electrons. The van der Waals surface area contributed by atoms with E-state index in [-0.39, 0.29) is 24.3 Å². The van der Waals surface area contributed by atoms with Gasteiger partial charge in [-0.05, 0) is 6.92 Å². The van der Waals surface area contributed by atoms with Gasteiger partial charge in [-0.2, -0.15) is 5.26 Å². The first kappa shape index (κ1) is 10.2. The Morgan fingerprint density at radius 3 is 3.07 bits per heavy atom. The first-order valence-electron chi connectivity index (χ1n) is 4.05. The van der Waals surface area contributed by atoms with Crippen molar-refractivity contribution in [3.63, 3.8) is 0 Å². The summed E-state index contributed by atoms with van der Waals surface area (Å²) in [5, 5.41) is 12.3. The van der Waals surface area contributed by atoms with E-state index in [9.17, 15) is 4.79 Å². The third kappa shape index (κ3) is 2.29. The van der Waals surface area contributed by atoms with Crippen molar-refractivity contribution in [2.75, 3.05) is 7.11 Å². The normalized spacial score (nSPS) is 11.8. The highest BCUT2D eigenvalue weighted by atomic mass is 16.5. The molecule has 0 aliphatic heterocycles. The van der Waals surface area contributed by atoms with Crippen LogP contribution in [0.3, 0.4) is 0 Å². The summed E-state index contributed by atoms with van der Waals surface area (Å²) >= 11 is 0. The number of carbonyl (C=O) groups is 1. The molecule has 0 spiro atoms. The Bertz CT molecular complexity index is 366. The largest absolute Gasteiger partial charge is 0.469 e. The lowest BCUT2D eigenvalue weighted by Crippen LogP contribution is -2.12. The molecule has 0 aromatic carbocycles. The van der Waals surface area contributed by atoms with Crippen LogP contribution in [0.5, 0.6) is 0 Å². The van der Waals surface area contributed by atoms with Crippen LogP contribution in [0.25, 0.3) is 0 Å². The number of ether oxygens (including phenoxy) is 1. The lowest BCUT2D eigenvalue weighted by molar-refractivity contribution is -0.141. The molecular formula is C8H10N4O2. The SMILES string of the molecule is COC(=O)CC(C)n1cnc(C#N)n1. The van der Waals surface area contributed by atoms with E-state index in [1.807, 2.05) is 6.07 Å². The van der Waals surface area contributed by atoms with Gasteiger partial charge in [0.2, 0.25) is 0 Å². The van der Waals surface area contributed by atoms with Crippen molar-refractivity contribution < 1.29 is 9.53 Å². The average Bonchev–Trinajstić information content (AvgIpc) is 2.65. The summed E-state index contributed by atoms with van der Waals surface area (Å²) in [6.45, 7) is 1.80. The van der Waals surface area contributed by atoms with E-state index < -0.39 is 0 Å². The van der Waals surface area contributed by atoms with Crippen molar-refractivity contribution in [3.8, 4) is 6.07 Å². The van der Waals surface area contributed by atoms with E-state index in [2.05, 4.69) is 14.8 Å². The number of nitriles is 1. The maximum atomic E-state index is 10.9. The molecule has 1 rings (SSSR count). The van der Waals surface area contributed by atoms with Crippen LogP contribution in [-0.2, 0) is 9.53 Å². The summed E-state index contributed by atoms with van der Waals surface area (Å²) in [5.41, 5.74) is 0. The number of methoxy groups -OCH3 is 1. The van der Waals surface area contributed by atoms with E-state index in [1.54, 1.807) is 6.92 Å². The predicted molar refractivity (Wildman–Crippen MR) is 46.1 cm³/mol. The molecular weight excluding hydrogens is 184 g/mol. The Morgan fingerprint density at radius 2 is 2.57 bits per heavy atom. The fourth-order valence-corrected chi connectivity index (χ4v) is 0.957. The zero-order chi connectivity index (χ0) is 10.6. The molecule has 0 aliphatic rings. The third-order valence-electron chi connectivity index (χ3n) is 1.75. The lowest BCUT2D eigenvalue weighted by Gasteiger charge is -2.08. The zero-order valence-corrected chi connectivity index (χ0v) is 7.97. The molecule has 6 heteroatoms. The van der Waals surface area contributed by atoms with E-state index in [0.717, 1.165) is 0 Å². The first-order chi connectivity index (χ1) is 6.67. The van der Waals surface area contributed by atoms with Crippen LogP contribution < -0.4 is 0 Å². The van der Waals surface area contributed by atoms with Gasteiger partial charge in [-0.1, -0.05) is 0 Å². The number of hydrogen-bond donors (Lipinski definition) is 0. The summed E-state index contributed by atoms with van der Waals surface area (Å²) in [6.07, 6.45) is 1.64. The molecule has 74 valence electrons. The molecule has 0 amide bonds. The van der Waals surface area contributed by atoms with E-state index in [4.69, 9.17) is 5.26 Å². The summed E-state index contributed by atoms with van der Waals surface area (Å²) in [6, 6.07) is 1.65. The highest BCUT2D eigenvalue weighted by Gasteiger charge is 2.12. The second-order valence-corrected chi connectivity index (χ2v) is 2.79. The maximum Gasteiger partial charge on any atom is 0.307 e. The summed E-state index contributed by atoms with van der Waals surface area (Å²) in [7, 11) is 1.33. The van der Waals surface area contributed by atoms with Crippen molar-refractivity contribution in [2.24, 2.45) is 0 Å². The number of esters is 1. The van der Waals surface area contributed by atoms with E-state index in [1.165, 1.54) is 18.1 Å². The van der Waals surface area contributed by atoms with Crippen LogP contribution >= 0.6 is 0 Å². The molecule has 0 bridgehead atoms. The van der Waals surface area contributed by atoms with Gasteiger partial charge >= 0.3 is 5.97 Å². The summed E-state index contributed by atoms with van der Waals surface area (Å²) < 4.78 is 5.98. The minimum Gasteiger partial charge on any atom is -0.469 e. The van der Waals surface area contributed by atoms with Gasteiger partial charge in [0.05, 0.1) is 19.6 Å². The molecule has 0 saturated heterocycles. The second-order valence-electron chi connectivity index (χ2n) is 2.79. The van der Waals surface area contributed by atoms with Gasteiger partial charge in [-0.15, -0.1) is 5.10 Å². The monoisotopic (exact) mass is 194 g/mol. The molecule has 1 unspecified atom stereocenters. The van der Waals surface area contributed by atoms with Crippen molar-refractivity contribution in [1.29, 1.82) is 5.26 Å². The number of carbonyl (C=O) groups excluding carboxylic acids is 1. The molecule has 1 aromatic heterocycles. The summed E-state index contributed by atoms with van der Waals surface area (Å²) in [4.78, 5) is 14.7. The molecule has 0 N–H and O–H groups in total. The van der Waals surface area contributed by atoms with Crippen LogP contribution in [0.15, 0.2) is 6.33 Å². The van der Waals surface area contributed by atoms with Crippen LogP contribution in [0.1, 0.15) is 25.2 Å². The van der Waals surface area contributed by atoms with Gasteiger partial charge in [0.25, 0.3) is 5.82 Å². The van der Waals surface area contributed by atoms with Gasteiger partial charge in [0, 0.05) is 0 Å². The van der Waals surface area contributed by atoms with Crippen molar-refractivity contribution >= 4 is 5.97 Å². The van der Waals surface area contributed by atoms with Crippen molar-refractivity contribution in [3.05, 3.63) is 12.2 Å². The number of rotatable bonds is 3. The number of hydrogen-bond acceptors (Lipinski definition) is 5. The maximum absolute atomic E-state index is 10.9. The van der Waals surface area contributed by atoms with Gasteiger partial charge in [0.1, 0.15) is 12.4 Å². The number of aromatic nitrogens is 3. The Hall–Kier alpha value is -1.90. The van der Waals surface area contributed by atoms with Crippen LogP contribution in [-0.4, -0.2) is 27.8 Å². The predicted octanol–water partition coefficient (Wildman–Crippen LogP) is 0.274. The first-order valence-corrected chi connectivity index (χ1v) is 4.05. The van der Waals surface area contributed by atoms with Crippen LogP contribution in [0, 0.1) is 11.3 Å². The lowest BCUT2D eigenvalue weighted by atomic mass is 10.2. The minimum atomic E-state index is -0.313. The Kier molecular flexibility index (Phi) is 3.18. The smallest absolute Gasteiger partial charge is 0.307 e. The van der Waals surface area contributed by atoms with E-state index >= 15 is 0 Å². The fraction of sp³-hybridized carbons (Fsp3) is 0.500. The molecule has 1 heterocycles. The molecule has 0 fully saturated rings. The van der Waals surface area contributed by atoms with Gasteiger partial charge in [0.15, 0.2) is 0 Å². The van der Waals surface area contributed by atoms with Crippen molar-refractivity contribution in [1.82, 2.24) is 14.8 Å². The van der Waals surface area contributed by atoms with Gasteiger partial charge < -0.3 is 4.74 Å². The van der Waals surface area contributed by atoms with Gasteiger partial charge in [-0.25, -0.2) is 9.67 Å². The van der Waals surface area contributed by atoms with Crippen molar-refractivity contribution in [2.45, 2.75) is 19.4 Å². The van der Waals surface area contributed by atoms with Crippen LogP contribution in [0.4, 0.5) is 0 Å². The average molecular weight is 194 g/mol. The zero-order valence-electron chi connectivity index (χ0n) is 7.97. The minimum absolute atomic E-state index is 0.0988. The molecule has 14 heavy (non-hydrogen) atoms. The second kappa shape index (κ2) is 4.37. The molecule has 0 aliphatic carbocycles. The Labute approximate surface area is 81.1 Å². The molecule has 6 nitrogen and oxygen atoms in total. The third-order valence-corrected chi connectivity index (χ3v) is 1.75. The molecule has 1 aromatic rings. The van der Waals surface area contributed by atoms with Crippen LogP contribution in [0.2, 0.25) is 0 Å². The van der Waals surface area contributed by atoms with E-state index in [0.29, 0.717) is 0 Å². The quantitative estimate of drug-likeness (QED) is 0.645. The standard InChI is InChI=1S/C8H10N4O2/c1-6(3-8(13)14-2)12-5-10-7(4-9)11-12/h5-6H,3H2,1-2H3. The topological polar surface area (TPSA) is 80.8 Å². The number of nitrogens with zero attached hydrogens (tertiary/aromatic N) is 4. The molecule has 0 saturated carbocycles. The van der Waals surface area contributed by atoms with Gasteiger partial charge in [-0.3, -0.25) is 4.79 Å².